The van der Waals surface area contributed by atoms with Crippen molar-refractivity contribution in [2.45, 2.75) is 0 Å². The number of thiophene rings is 1. The van der Waals surface area contributed by atoms with Crippen LogP contribution in [-0.4, -0.2) is 19.5 Å². The standard InChI is InChI=1S/C51H30N4OS/c1-3-14-31(15-4-1)49-52-50(32-16-5-2-6-17-32)54-51(53-49)41-30-34(29-40-37-21-9-12-25-45(37)57-48(40)41)33-18-13-19-35(28-33)55-42-23-10-7-22-39(42)46-43(55)27-26-38-36-20-8-11-24-44(36)56-47(38)46/h1-30H. The minimum Gasteiger partial charge on any atom is -0.455 e. The van der Waals surface area contributed by atoms with Crippen molar-refractivity contribution in [3.63, 3.8) is 0 Å². The van der Waals surface area contributed by atoms with E-state index in [9.17, 15) is 0 Å². The van der Waals surface area contributed by atoms with Gasteiger partial charge in [0, 0.05) is 58.7 Å². The van der Waals surface area contributed by atoms with Crippen LogP contribution in [0.1, 0.15) is 0 Å². The molecule has 0 aliphatic carbocycles. The first kappa shape index (κ1) is 31.9. The van der Waals surface area contributed by atoms with E-state index in [0.29, 0.717) is 17.5 Å². The van der Waals surface area contributed by atoms with Crippen molar-refractivity contribution in [1.82, 2.24) is 19.5 Å². The molecular weight excluding hydrogens is 717 g/mol. The number of hydrogen-bond acceptors (Lipinski definition) is 5. The zero-order valence-electron chi connectivity index (χ0n) is 30.4. The van der Waals surface area contributed by atoms with Crippen LogP contribution in [0.3, 0.4) is 0 Å². The van der Waals surface area contributed by atoms with Gasteiger partial charge in [-0.3, -0.25) is 0 Å². The van der Waals surface area contributed by atoms with Crippen LogP contribution in [0.2, 0.25) is 0 Å². The fourth-order valence-electron chi connectivity index (χ4n) is 8.43. The van der Waals surface area contributed by atoms with Gasteiger partial charge in [-0.15, -0.1) is 11.3 Å². The number of fused-ring (bicyclic) bond motifs is 10. The molecule has 0 spiro atoms. The summed E-state index contributed by atoms with van der Waals surface area (Å²) in [5.74, 6) is 1.94. The Morgan fingerprint density at radius 3 is 1.86 bits per heavy atom. The average Bonchev–Trinajstić information content (AvgIpc) is 3.96. The van der Waals surface area contributed by atoms with Crippen LogP contribution in [0.5, 0.6) is 0 Å². The third-order valence-corrected chi connectivity index (χ3v) is 12.3. The number of para-hydroxylation sites is 2. The Morgan fingerprint density at radius 1 is 0.421 bits per heavy atom. The molecule has 0 amide bonds. The molecule has 0 aliphatic rings. The first-order valence-corrected chi connectivity index (χ1v) is 19.8. The fraction of sp³-hybridized carbons (Fsp3) is 0. The number of benzene rings is 8. The lowest BCUT2D eigenvalue weighted by Crippen LogP contribution is -2.00. The van der Waals surface area contributed by atoms with E-state index in [1.54, 1.807) is 11.3 Å². The molecule has 8 aromatic carbocycles. The predicted molar refractivity (Wildman–Crippen MR) is 236 cm³/mol. The molecule has 5 nitrogen and oxygen atoms in total. The van der Waals surface area contributed by atoms with E-state index in [2.05, 4.69) is 138 Å². The van der Waals surface area contributed by atoms with E-state index >= 15 is 0 Å². The molecule has 12 aromatic rings. The summed E-state index contributed by atoms with van der Waals surface area (Å²) in [6.07, 6.45) is 0. The van der Waals surface area contributed by atoms with Crippen LogP contribution >= 0.6 is 11.3 Å². The second-order valence-electron chi connectivity index (χ2n) is 14.4. The highest BCUT2D eigenvalue weighted by molar-refractivity contribution is 7.26. The third-order valence-electron chi connectivity index (χ3n) is 11.0. The van der Waals surface area contributed by atoms with E-state index in [0.717, 1.165) is 81.9 Å². The number of nitrogens with zero attached hydrogens (tertiary/aromatic N) is 4. The molecule has 266 valence electrons. The van der Waals surface area contributed by atoms with Crippen molar-refractivity contribution in [2.75, 3.05) is 0 Å². The van der Waals surface area contributed by atoms with Crippen LogP contribution < -0.4 is 0 Å². The van der Waals surface area contributed by atoms with Crippen molar-refractivity contribution in [1.29, 1.82) is 0 Å². The highest BCUT2D eigenvalue weighted by Gasteiger charge is 2.21. The van der Waals surface area contributed by atoms with Gasteiger partial charge >= 0.3 is 0 Å². The van der Waals surface area contributed by atoms with Gasteiger partial charge in [-0.25, -0.2) is 15.0 Å². The van der Waals surface area contributed by atoms with Crippen molar-refractivity contribution in [3.05, 3.63) is 182 Å². The second kappa shape index (κ2) is 12.6. The highest BCUT2D eigenvalue weighted by Crippen LogP contribution is 2.44. The Bertz CT molecular complexity index is 3470. The summed E-state index contributed by atoms with van der Waals surface area (Å²) in [4.78, 5) is 15.4. The Labute approximate surface area is 330 Å². The molecule has 6 heteroatoms. The van der Waals surface area contributed by atoms with Crippen LogP contribution in [-0.2, 0) is 0 Å². The van der Waals surface area contributed by atoms with E-state index in [-0.39, 0.29) is 0 Å². The number of aromatic nitrogens is 4. The summed E-state index contributed by atoms with van der Waals surface area (Å²) < 4.78 is 11.3. The summed E-state index contributed by atoms with van der Waals surface area (Å²) in [7, 11) is 0. The topological polar surface area (TPSA) is 56.7 Å². The molecule has 0 fully saturated rings. The first-order chi connectivity index (χ1) is 28.2. The van der Waals surface area contributed by atoms with Gasteiger partial charge in [0.2, 0.25) is 0 Å². The largest absolute Gasteiger partial charge is 0.455 e. The van der Waals surface area contributed by atoms with E-state index in [1.165, 1.54) is 15.5 Å². The maximum absolute atomic E-state index is 6.58. The molecular formula is C51H30N4OS. The third kappa shape index (κ3) is 5.04. The summed E-state index contributed by atoms with van der Waals surface area (Å²) in [5, 5.41) is 6.94. The van der Waals surface area contributed by atoms with Crippen molar-refractivity contribution in [3.8, 4) is 51.0 Å². The summed E-state index contributed by atoms with van der Waals surface area (Å²) in [6, 6.07) is 63.8. The van der Waals surface area contributed by atoms with Crippen LogP contribution in [0.25, 0.3) is 115 Å². The predicted octanol–water partition coefficient (Wildman–Crippen LogP) is 13.9. The Kier molecular flexibility index (Phi) is 7.03. The molecule has 0 N–H and O–H groups in total. The Balaban J connectivity index is 1.09. The molecule has 57 heavy (non-hydrogen) atoms. The zero-order valence-corrected chi connectivity index (χ0v) is 31.2. The number of hydrogen-bond donors (Lipinski definition) is 0. The van der Waals surface area contributed by atoms with Gasteiger partial charge in [-0.2, -0.15) is 0 Å². The fourth-order valence-corrected chi connectivity index (χ4v) is 9.62. The second-order valence-corrected chi connectivity index (χ2v) is 15.4. The van der Waals surface area contributed by atoms with Crippen LogP contribution in [0.4, 0.5) is 0 Å². The zero-order chi connectivity index (χ0) is 37.5. The maximum Gasteiger partial charge on any atom is 0.165 e. The van der Waals surface area contributed by atoms with E-state index in [4.69, 9.17) is 19.4 Å². The molecule has 0 bridgehead atoms. The summed E-state index contributed by atoms with van der Waals surface area (Å²) >= 11 is 1.78. The quantitative estimate of drug-likeness (QED) is 0.176. The summed E-state index contributed by atoms with van der Waals surface area (Å²) in [5.41, 5.74) is 10.2. The molecule has 0 radical (unpaired) electrons. The lowest BCUT2D eigenvalue weighted by Gasteiger charge is -2.13. The maximum atomic E-state index is 6.58. The molecule has 0 atom stereocenters. The van der Waals surface area contributed by atoms with Gasteiger partial charge < -0.3 is 8.98 Å². The van der Waals surface area contributed by atoms with Crippen molar-refractivity contribution < 1.29 is 4.42 Å². The Morgan fingerprint density at radius 2 is 1.07 bits per heavy atom. The Hall–Kier alpha value is -7.41. The minimum atomic E-state index is 0.644. The molecule has 0 saturated carbocycles. The minimum absolute atomic E-state index is 0.644. The average molecular weight is 747 g/mol. The molecule has 0 aliphatic heterocycles. The van der Waals surface area contributed by atoms with Gasteiger partial charge in [0.15, 0.2) is 17.5 Å². The SMILES string of the molecule is c1ccc(-c2nc(-c3ccccc3)nc(-c3cc(-c4cccc(-n5c6ccccc6c6c7oc8ccccc8c7ccc65)c4)cc4c3sc3ccccc34)n2)cc1. The summed E-state index contributed by atoms with van der Waals surface area (Å²) in [6.45, 7) is 0. The highest BCUT2D eigenvalue weighted by atomic mass is 32.1. The number of rotatable bonds is 5. The molecule has 0 saturated heterocycles. The van der Waals surface area contributed by atoms with Crippen molar-refractivity contribution >= 4 is 75.3 Å². The normalized spacial score (nSPS) is 11.9. The van der Waals surface area contributed by atoms with Gasteiger partial charge in [0.05, 0.1) is 16.4 Å². The molecule has 4 heterocycles. The first-order valence-electron chi connectivity index (χ1n) is 19.0. The van der Waals surface area contributed by atoms with Crippen LogP contribution in [0.15, 0.2) is 186 Å². The van der Waals surface area contributed by atoms with Crippen molar-refractivity contribution in [2.24, 2.45) is 0 Å². The monoisotopic (exact) mass is 746 g/mol. The van der Waals surface area contributed by atoms with Gasteiger partial charge in [-0.05, 0) is 65.7 Å². The van der Waals surface area contributed by atoms with Gasteiger partial charge in [0.25, 0.3) is 0 Å². The smallest absolute Gasteiger partial charge is 0.165 e. The number of furan rings is 1. The molecule has 4 aromatic heterocycles. The van der Waals surface area contributed by atoms with Gasteiger partial charge in [-0.1, -0.05) is 127 Å². The van der Waals surface area contributed by atoms with Crippen LogP contribution in [0, 0.1) is 0 Å². The molecule has 0 unspecified atom stereocenters. The lowest BCUT2D eigenvalue weighted by molar-refractivity contribution is 0.673. The molecule has 12 rings (SSSR count). The van der Waals surface area contributed by atoms with Gasteiger partial charge in [0.1, 0.15) is 11.2 Å². The lowest BCUT2D eigenvalue weighted by atomic mass is 9.98. The van der Waals surface area contributed by atoms with E-state index in [1.807, 2.05) is 48.5 Å². The van der Waals surface area contributed by atoms with E-state index < -0.39 is 0 Å².